The quantitative estimate of drug-likeness (QED) is 0.797. The SMILES string of the molecule is O=C(CCCCc1ccccc1)N1CCCN1C(=O)Nc1ccccc1. The first-order valence-corrected chi connectivity index (χ1v) is 9.22. The number of aryl methyl sites for hydroxylation is 1. The second-order valence-corrected chi connectivity index (χ2v) is 6.48. The van der Waals surface area contributed by atoms with E-state index in [1.165, 1.54) is 10.6 Å². The third kappa shape index (κ3) is 4.85. The molecular formula is C21H25N3O2. The van der Waals surface area contributed by atoms with Gasteiger partial charge in [0.05, 0.1) is 0 Å². The van der Waals surface area contributed by atoms with Crippen molar-refractivity contribution in [3.8, 4) is 0 Å². The average Bonchev–Trinajstić information content (AvgIpc) is 3.17. The summed E-state index contributed by atoms with van der Waals surface area (Å²) in [5.41, 5.74) is 2.03. The van der Waals surface area contributed by atoms with Gasteiger partial charge in [-0.3, -0.25) is 9.80 Å². The lowest BCUT2D eigenvalue weighted by Gasteiger charge is -2.28. The predicted molar refractivity (Wildman–Crippen MR) is 102 cm³/mol. The van der Waals surface area contributed by atoms with Crippen molar-refractivity contribution in [3.63, 3.8) is 0 Å². The number of anilines is 1. The van der Waals surface area contributed by atoms with Gasteiger partial charge >= 0.3 is 6.03 Å². The molecule has 1 aliphatic heterocycles. The zero-order valence-electron chi connectivity index (χ0n) is 14.9. The van der Waals surface area contributed by atoms with Crippen molar-refractivity contribution >= 4 is 17.6 Å². The Morgan fingerprint density at radius 1 is 0.846 bits per heavy atom. The molecule has 1 heterocycles. The molecule has 3 amide bonds. The summed E-state index contributed by atoms with van der Waals surface area (Å²) >= 11 is 0. The molecular weight excluding hydrogens is 326 g/mol. The Bertz CT molecular complexity index is 719. The van der Waals surface area contributed by atoms with Gasteiger partial charge in [0.1, 0.15) is 0 Å². The molecule has 0 aromatic heterocycles. The zero-order valence-corrected chi connectivity index (χ0v) is 14.9. The summed E-state index contributed by atoms with van der Waals surface area (Å²) < 4.78 is 0. The van der Waals surface area contributed by atoms with Crippen LogP contribution in [-0.2, 0) is 11.2 Å². The molecule has 0 atom stereocenters. The molecule has 26 heavy (non-hydrogen) atoms. The second kappa shape index (κ2) is 9.04. The fourth-order valence-corrected chi connectivity index (χ4v) is 3.17. The van der Waals surface area contributed by atoms with Gasteiger partial charge in [0.2, 0.25) is 5.91 Å². The van der Waals surface area contributed by atoms with E-state index >= 15 is 0 Å². The lowest BCUT2D eigenvalue weighted by atomic mass is 10.1. The van der Waals surface area contributed by atoms with Crippen LogP contribution in [0.25, 0.3) is 0 Å². The van der Waals surface area contributed by atoms with Crippen molar-refractivity contribution in [2.24, 2.45) is 0 Å². The molecule has 0 aliphatic carbocycles. The van der Waals surface area contributed by atoms with Gasteiger partial charge in [0.25, 0.3) is 0 Å². The van der Waals surface area contributed by atoms with E-state index in [1.54, 1.807) is 5.01 Å². The van der Waals surface area contributed by atoms with Gasteiger partial charge in [-0.15, -0.1) is 0 Å². The predicted octanol–water partition coefficient (Wildman–Crippen LogP) is 4.08. The van der Waals surface area contributed by atoms with Gasteiger partial charge in [-0.05, 0) is 43.4 Å². The van der Waals surface area contributed by atoms with E-state index in [-0.39, 0.29) is 11.9 Å². The summed E-state index contributed by atoms with van der Waals surface area (Å²) in [4.78, 5) is 25.0. The molecule has 2 aromatic carbocycles. The molecule has 3 rings (SSSR count). The highest BCUT2D eigenvalue weighted by Gasteiger charge is 2.30. The molecule has 2 aromatic rings. The number of rotatable bonds is 6. The Hall–Kier alpha value is -2.82. The Kier molecular flexibility index (Phi) is 6.25. The Morgan fingerprint density at radius 3 is 2.23 bits per heavy atom. The second-order valence-electron chi connectivity index (χ2n) is 6.48. The topological polar surface area (TPSA) is 52.7 Å². The minimum absolute atomic E-state index is 0.0266. The van der Waals surface area contributed by atoms with E-state index < -0.39 is 0 Å². The molecule has 1 saturated heterocycles. The highest BCUT2D eigenvalue weighted by atomic mass is 16.2. The molecule has 5 nitrogen and oxygen atoms in total. The van der Waals surface area contributed by atoms with Gasteiger partial charge in [-0.1, -0.05) is 48.5 Å². The molecule has 0 unspecified atom stereocenters. The number of hydrogen-bond donors (Lipinski definition) is 1. The molecule has 136 valence electrons. The number of nitrogens with one attached hydrogen (secondary N) is 1. The van der Waals surface area contributed by atoms with Crippen molar-refractivity contribution in [1.29, 1.82) is 0 Å². The highest BCUT2D eigenvalue weighted by Crippen LogP contribution is 2.16. The first-order chi connectivity index (χ1) is 12.7. The third-order valence-corrected chi connectivity index (χ3v) is 4.53. The van der Waals surface area contributed by atoms with Crippen LogP contribution >= 0.6 is 0 Å². The molecule has 0 bridgehead atoms. The largest absolute Gasteiger partial charge is 0.340 e. The molecule has 0 radical (unpaired) electrons. The van der Waals surface area contributed by atoms with E-state index in [2.05, 4.69) is 17.4 Å². The lowest BCUT2D eigenvalue weighted by Crippen LogP contribution is -2.46. The van der Waals surface area contributed by atoms with Crippen LogP contribution in [-0.4, -0.2) is 35.0 Å². The van der Waals surface area contributed by atoms with Crippen LogP contribution in [0.2, 0.25) is 0 Å². The third-order valence-electron chi connectivity index (χ3n) is 4.53. The standard InChI is InChI=1S/C21H25N3O2/c25-20(15-8-7-12-18-10-3-1-4-11-18)23-16-9-17-24(23)21(26)22-19-13-5-2-6-14-19/h1-6,10-11,13-14H,7-9,12,15-17H2,(H,22,26). The van der Waals surface area contributed by atoms with E-state index in [0.29, 0.717) is 19.5 Å². The van der Waals surface area contributed by atoms with Gasteiger partial charge in [-0.25, -0.2) is 9.80 Å². The number of hydrogen-bond acceptors (Lipinski definition) is 2. The first kappa shape index (κ1) is 18.0. The summed E-state index contributed by atoms with van der Waals surface area (Å²) in [7, 11) is 0. The minimum atomic E-state index is -0.244. The molecule has 1 fully saturated rings. The highest BCUT2D eigenvalue weighted by molar-refractivity contribution is 5.91. The van der Waals surface area contributed by atoms with Crippen molar-refractivity contribution in [2.75, 3.05) is 18.4 Å². The summed E-state index contributed by atoms with van der Waals surface area (Å²) in [6.07, 6.45) is 4.07. The number of carbonyl (C=O) groups is 2. The Balaban J connectivity index is 1.46. The number of urea groups is 1. The van der Waals surface area contributed by atoms with Crippen LogP contribution in [0.5, 0.6) is 0 Å². The average molecular weight is 351 g/mol. The normalized spacial score (nSPS) is 13.7. The molecule has 0 spiro atoms. The van der Waals surface area contributed by atoms with E-state index in [4.69, 9.17) is 0 Å². The maximum atomic E-state index is 12.5. The van der Waals surface area contributed by atoms with Gasteiger partial charge in [0.15, 0.2) is 0 Å². The molecule has 5 heteroatoms. The number of para-hydroxylation sites is 1. The minimum Gasteiger partial charge on any atom is -0.306 e. The summed E-state index contributed by atoms with van der Waals surface area (Å²) in [6.45, 7) is 1.19. The van der Waals surface area contributed by atoms with Crippen molar-refractivity contribution in [1.82, 2.24) is 10.0 Å². The van der Waals surface area contributed by atoms with Crippen LogP contribution in [0.4, 0.5) is 10.5 Å². The fourth-order valence-electron chi connectivity index (χ4n) is 3.17. The van der Waals surface area contributed by atoms with Gasteiger partial charge in [0, 0.05) is 25.2 Å². The number of benzene rings is 2. The Morgan fingerprint density at radius 2 is 1.50 bits per heavy atom. The van der Waals surface area contributed by atoms with E-state index in [0.717, 1.165) is 31.4 Å². The van der Waals surface area contributed by atoms with Crippen LogP contribution in [0.3, 0.4) is 0 Å². The summed E-state index contributed by atoms with van der Waals surface area (Å²) in [5.74, 6) is 0.0266. The number of unbranched alkanes of at least 4 members (excludes halogenated alkanes) is 1. The monoisotopic (exact) mass is 351 g/mol. The lowest BCUT2D eigenvalue weighted by molar-refractivity contribution is -0.139. The summed E-state index contributed by atoms with van der Waals surface area (Å²) in [5, 5.41) is 5.98. The van der Waals surface area contributed by atoms with Crippen molar-refractivity contribution in [3.05, 3.63) is 66.2 Å². The number of nitrogens with zero attached hydrogens (tertiary/aromatic N) is 2. The maximum absolute atomic E-state index is 12.5. The molecule has 1 N–H and O–H groups in total. The van der Waals surface area contributed by atoms with Gasteiger partial charge < -0.3 is 5.32 Å². The zero-order chi connectivity index (χ0) is 18.2. The van der Waals surface area contributed by atoms with E-state index in [9.17, 15) is 9.59 Å². The van der Waals surface area contributed by atoms with E-state index in [1.807, 2.05) is 48.5 Å². The molecule has 1 aliphatic rings. The maximum Gasteiger partial charge on any atom is 0.340 e. The van der Waals surface area contributed by atoms with Crippen molar-refractivity contribution in [2.45, 2.75) is 32.1 Å². The number of hydrazine groups is 1. The smallest absolute Gasteiger partial charge is 0.306 e. The number of amides is 3. The van der Waals surface area contributed by atoms with Crippen LogP contribution < -0.4 is 5.32 Å². The van der Waals surface area contributed by atoms with Crippen LogP contribution in [0.1, 0.15) is 31.2 Å². The molecule has 0 saturated carbocycles. The van der Waals surface area contributed by atoms with Crippen LogP contribution in [0.15, 0.2) is 60.7 Å². The summed E-state index contributed by atoms with van der Waals surface area (Å²) in [6, 6.07) is 19.4. The fraction of sp³-hybridized carbons (Fsp3) is 0.333. The van der Waals surface area contributed by atoms with Crippen LogP contribution in [0, 0.1) is 0 Å². The number of carbonyl (C=O) groups excluding carboxylic acids is 2. The first-order valence-electron chi connectivity index (χ1n) is 9.22. The van der Waals surface area contributed by atoms with Gasteiger partial charge in [-0.2, -0.15) is 0 Å². The van der Waals surface area contributed by atoms with Crippen molar-refractivity contribution < 1.29 is 9.59 Å². The Labute approximate surface area is 154 Å².